The van der Waals surface area contributed by atoms with Crippen LogP contribution in [-0.2, 0) is 4.79 Å². The monoisotopic (exact) mass is 526 g/mol. The highest BCUT2D eigenvalue weighted by molar-refractivity contribution is 9.10. The molecule has 0 bridgehead atoms. The molecule has 178 valence electrons. The molecule has 3 aromatic rings. The molecule has 0 aliphatic carbocycles. The van der Waals surface area contributed by atoms with E-state index in [1.165, 1.54) is 0 Å². The Morgan fingerprint density at radius 2 is 1.68 bits per heavy atom. The molecule has 1 amide bonds. The van der Waals surface area contributed by atoms with Crippen LogP contribution in [0.1, 0.15) is 28.9 Å². The Balaban J connectivity index is 1.93. The van der Waals surface area contributed by atoms with E-state index in [4.69, 9.17) is 20.1 Å². The van der Waals surface area contributed by atoms with Crippen LogP contribution in [0.5, 0.6) is 17.2 Å². The summed E-state index contributed by atoms with van der Waals surface area (Å²) in [5, 5.41) is 3.59. The summed E-state index contributed by atoms with van der Waals surface area (Å²) in [6.07, 6.45) is -0.398. The number of anilines is 1. The second-order valence-electron chi connectivity index (χ2n) is 7.79. The zero-order valence-electron chi connectivity index (χ0n) is 19.2. The van der Waals surface area contributed by atoms with E-state index in [1.807, 2.05) is 42.5 Å². The number of hydrogen-bond acceptors (Lipinski definition) is 7. The van der Waals surface area contributed by atoms with Gasteiger partial charge in [-0.2, -0.15) is 0 Å². The third kappa shape index (κ3) is 4.54. The number of carbonyl (C=O) groups excluding carboxylic acids is 1. The first-order valence-electron chi connectivity index (χ1n) is 10.7. The molecule has 1 aliphatic rings. The highest BCUT2D eigenvalue weighted by Gasteiger charge is 2.38. The SMILES string of the molecule is COc1cc([C@H]2Nc3ccc(Br)cc3[C@H](c3ccccc3)N2CC(=O)NN)cc(OC)c1OC. The van der Waals surface area contributed by atoms with Crippen molar-refractivity contribution in [2.75, 3.05) is 33.2 Å². The molecule has 1 heterocycles. The number of hydrogen-bond donors (Lipinski definition) is 3. The van der Waals surface area contributed by atoms with Gasteiger partial charge in [0.2, 0.25) is 11.7 Å². The molecule has 0 saturated carbocycles. The minimum absolute atomic E-state index is 0.0519. The van der Waals surface area contributed by atoms with E-state index in [0.717, 1.165) is 26.9 Å². The third-order valence-electron chi connectivity index (χ3n) is 5.87. The largest absolute Gasteiger partial charge is 0.493 e. The van der Waals surface area contributed by atoms with Gasteiger partial charge < -0.3 is 19.5 Å². The molecule has 4 N–H and O–H groups in total. The van der Waals surface area contributed by atoms with Crippen molar-refractivity contribution in [1.82, 2.24) is 10.3 Å². The number of hydrazine groups is 1. The minimum atomic E-state index is -0.398. The highest BCUT2D eigenvalue weighted by Crippen LogP contribution is 2.47. The predicted molar refractivity (Wildman–Crippen MR) is 134 cm³/mol. The van der Waals surface area contributed by atoms with Crippen LogP contribution < -0.4 is 30.8 Å². The van der Waals surface area contributed by atoms with E-state index >= 15 is 0 Å². The van der Waals surface area contributed by atoms with Crippen molar-refractivity contribution < 1.29 is 19.0 Å². The lowest BCUT2D eigenvalue weighted by Gasteiger charge is -2.44. The van der Waals surface area contributed by atoms with Crippen LogP contribution in [0.15, 0.2) is 65.1 Å². The van der Waals surface area contributed by atoms with Crippen molar-refractivity contribution in [2.45, 2.75) is 12.2 Å². The maximum absolute atomic E-state index is 12.6. The van der Waals surface area contributed by atoms with Gasteiger partial charge in [0.15, 0.2) is 11.5 Å². The van der Waals surface area contributed by atoms with E-state index in [2.05, 4.69) is 49.8 Å². The summed E-state index contributed by atoms with van der Waals surface area (Å²) in [6, 6.07) is 19.7. The molecule has 0 radical (unpaired) electrons. The van der Waals surface area contributed by atoms with Crippen LogP contribution in [0.4, 0.5) is 5.69 Å². The van der Waals surface area contributed by atoms with E-state index in [1.54, 1.807) is 21.3 Å². The number of halogens is 1. The fourth-order valence-corrected chi connectivity index (χ4v) is 4.76. The molecule has 0 saturated heterocycles. The van der Waals surface area contributed by atoms with Gasteiger partial charge in [-0.3, -0.25) is 15.1 Å². The Morgan fingerprint density at radius 1 is 1.00 bits per heavy atom. The normalized spacial score (nSPS) is 17.3. The molecule has 0 unspecified atom stereocenters. The average molecular weight is 527 g/mol. The Hall–Kier alpha value is -3.27. The van der Waals surface area contributed by atoms with Gasteiger partial charge in [-0.05, 0) is 47.0 Å². The number of amides is 1. The Kier molecular flexibility index (Phi) is 7.26. The fraction of sp³-hybridized carbons (Fsp3) is 0.240. The topological polar surface area (TPSA) is 98.1 Å². The molecule has 0 aromatic heterocycles. The number of ether oxygens (including phenoxy) is 3. The van der Waals surface area contributed by atoms with Crippen LogP contribution in [0.2, 0.25) is 0 Å². The highest BCUT2D eigenvalue weighted by atomic mass is 79.9. The zero-order valence-corrected chi connectivity index (χ0v) is 20.8. The van der Waals surface area contributed by atoms with Crippen molar-refractivity contribution in [3.8, 4) is 17.2 Å². The summed E-state index contributed by atoms with van der Waals surface area (Å²) in [5.74, 6) is 6.74. The lowest BCUT2D eigenvalue weighted by Crippen LogP contribution is -2.47. The number of methoxy groups -OCH3 is 3. The van der Waals surface area contributed by atoms with Crippen molar-refractivity contribution in [2.24, 2.45) is 5.84 Å². The smallest absolute Gasteiger partial charge is 0.248 e. The van der Waals surface area contributed by atoms with Gasteiger partial charge >= 0.3 is 0 Å². The van der Waals surface area contributed by atoms with Crippen LogP contribution in [0, 0.1) is 0 Å². The molecular weight excluding hydrogens is 500 g/mol. The van der Waals surface area contributed by atoms with Gasteiger partial charge in [0.25, 0.3) is 0 Å². The summed E-state index contributed by atoms with van der Waals surface area (Å²) in [6.45, 7) is 0.0519. The van der Waals surface area contributed by atoms with Crippen LogP contribution in [-0.4, -0.2) is 38.7 Å². The Labute approximate surface area is 207 Å². The van der Waals surface area contributed by atoms with Gasteiger partial charge in [0, 0.05) is 10.2 Å². The van der Waals surface area contributed by atoms with Crippen LogP contribution in [0.3, 0.4) is 0 Å². The fourth-order valence-electron chi connectivity index (χ4n) is 4.38. The minimum Gasteiger partial charge on any atom is -0.493 e. The maximum Gasteiger partial charge on any atom is 0.248 e. The molecule has 3 aromatic carbocycles. The summed E-state index contributed by atoms with van der Waals surface area (Å²) in [4.78, 5) is 14.6. The summed E-state index contributed by atoms with van der Waals surface area (Å²) >= 11 is 3.60. The number of nitrogens with one attached hydrogen (secondary N) is 2. The van der Waals surface area contributed by atoms with Crippen molar-refractivity contribution >= 4 is 27.5 Å². The maximum atomic E-state index is 12.6. The number of benzene rings is 3. The quantitative estimate of drug-likeness (QED) is 0.243. The van der Waals surface area contributed by atoms with Crippen LogP contribution in [0.25, 0.3) is 0 Å². The van der Waals surface area contributed by atoms with Gasteiger partial charge in [0.1, 0.15) is 6.17 Å². The number of nitrogens with two attached hydrogens (primary N) is 1. The van der Waals surface area contributed by atoms with E-state index in [9.17, 15) is 4.79 Å². The summed E-state index contributed by atoms with van der Waals surface area (Å²) < 4.78 is 17.6. The van der Waals surface area contributed by atoms with E-state index in [0.29, 0.717) is 17.2 Å². The van der Waals surface area contributed by atoms with E-state index in [-0.39, 0.29) is 18.5 Å². The second kappa shape index (κ2) is 10.3. The number of carbonyl (C=O) groups is 1. The molecule has 1 aliphatic heterocycles. The first-order chi connectivity index (χ1) is 16.5. The van der Waals surface area contributed by atoms with Gasteiger partial charge in [-0.15, -0.1) is 0 Å². The van der Waals surface area contributed by atoms with Crippen LogP contribution >= 0.6 is 15.9 Å². The second-order valence-corrected chi connectivity index (χ2v) is 8.71. The summed E-state index contributed by atoms with van der Waals surface area (Å²) in [5.41, 5.74) is 6.15. The molecule has 34 heavy (non-hydrogen) atoms. The van der Waals surface area contributed by atoms with E-state index < -0.39 is 6.17 Å². The predicted octanol–water partition coefficient (Wildman–Crippen LogP) is 3.98. The average Bonchev–Trinajstić information content (AvgIpc) is 2.87. The first kappa shape index (κ1) is 23.9. The first-order valence-corrected chi connectivity index (χ1v) is 11.5. The molecule has 0 spiro atoms. The standard InChI is InChI=1S/C25H27BrN4O4/c1-32-20-11-16(12-21(33-2)24(20)34-3)25-28-19-10-9-17(26)13-18(19)23(15-7-5-4-6-8-15)30(25)14-22(31)29-27/h4-13,23,25,28H,14,27H2,1-3H3,(H,29,31)/t23-,25-/m0/s1. The third-order valence-corrected chi connectivity index (χ3v) is 6.36. The number of nitrogens with zero attached hydrogens (tertiary/aromatic N) is 1. The lowest BCUT2D eigenvalue weighted by atomic mass is 9.91. The van der Waals surface area contributed by atoms with Gasteiger partial charge in [0.05, 0.1) is 33.9 Å². The van der Waals surface area contributed by atoms with Crippen molar-refractivity contribution in [3.05, 3.63) is 81.8 Å². The Bertz CT molecular complexity index is 1150. The van der Waals surface area contributed by atoms with Crippen molar-refractivity contribution in [3.63, 3.8) is 0 Å². The molecular formula is C25H27BrN4O4. The molecule has 2 atom stereocenters. The Morgan fingerprint density at radius 3 is 2.26 bits per heavy atom. The molecule has 4 rings (SSSR count). The molecule has 0 fully saturated rings. The molecule has 8 nitrogen and oxygen atoms in total. The van der Waals surface area contributed by atoms with Gasteiger partial charge in [-0.25, -0.2) is 5.84 Å². The summed E-state index contributed by atoms with van der Waals surface area (Å²) in [7, 11) is 4.72. The molecule has 9 heteroatoms. The number of rotatable bonds is 7. The van der Waals surface area contributed by atoms with Gasteiger partial charge in [-0.1, -0.05) is 46.3 Å². The zero-order chi connectivity index (χ0) is 24.2. The van der Waals surface area contributed by atoms with Crippen molar-refractivity contribution in [1.29, 1.82) is 0 Å². The lowest BCUT2D eigenvalue weighted by molar-refractivity contribution is -0.123. The number of fused-ring (bicyclic) bond motifs is 1.